The summed E-state index contributed by atoms with van der Waals surface area (Å²) in [6, 6.07) is 14.6. The van der Waals surface area contributed by atoms with Crippen molar-refractivity contribution in [3.05, 3.63) is 73.8 Å². The average Bonchev–Trinajstić information content (AvgIpc) is 3.05. The quantitative estimate of drug-likeness (QED) is 0.398. The first kappa shape index (κ1) is 16.3. The smallest absolute Gasteiger partial charge is 0.345 e. The Kier molecular flexibility index (Phi) is 4.33. The van der Waals surface area contributed by atoms with Crippen LogP contribution in [0.3, 0.4) is 0 Å². The fourth-order valence-electron chi connectivity index (χ4n) is 2.41. The zero-order valence-corrected chi connectivity index (χ0v) is 15.8. The number of hydrogen-bond acceptors (Lipinski definition) is 5. The Hall–Kier alpha value is -2.15. The summed E-state index contributed by atoms with van der Waals surface area (Å²) in [6.45, 7) is 0. The van der Waals surface area contributed by atoms with Gasteiger partial charge in [-0.25, -0.2) is 9.78 Å². The second-order valence-corrected chi connectivity index (χ2v) is 7.42. The molecule has 0 bridgehead atoms. The molecule has 2 heterocycles. The molecule has 0 atom stereocenters. The van der Waals surface area contributed by atoms with Gasteiger partial charge >= 0.3 is 5.63 Å². The Labute approximate surface area is 160 Å². The number of hydrogen-bond donors (Lipinski definition) is 1. The van der Waals surface area contributed by atoms with Gasteiger partial charge in [0.25, 0.3) is 0 Å². The molecule has 0 radical (unpaired) electrons. The van der Waals surface area contributed by atoms with E-state index in [-0.39, 0.29) is 0 Å². The second kappa shape index (κ2) is 6.63. The van der Waals surface area contributed by atoms with Crippen LogP contribution in [0.5, 0.6) is 0 Å². The van der Waals surface area contributed by atoms with Crippen LogP contribution in [0.25, 0.3) is 22.2 Å². The Morgan fingerprint density at radius 2 is 2.00 bits per heavy atom. The molecule has 0 fully saturated rings. The van der Waals surface area contributed by atoms with Gasteiger partial charge in [0.05, 0.1) is 16.9 Å². The average molecular weight is 434 g/mol. The number of para-hydroxylation sites is 1. The highest BCUT2D eigenvalue weighted by atomic mass is 79.9. The van der Waals surface area contributed by atoms with Gasteiger partial charge in [-0.15, -0.1) is 11.3 Å². The maximum atomic E-state index is 12.3. The molecule has 2 aromatic carbocycles. The minimum atomic E-state index is -0.424. The summed E-state index contributed by atoms with van der Waals surface area (Å²) in [7, 11) is 0. The minimum absolute atomic E-state index is 0.409. The summed E-state index contributed by atoms with van der Waals surface area (Å²) >= 11 is 10.9. The van der Waals surface area contributed by atoms with Crippen molar-refractivity contribution in [2.75, 3.05) is 5.32 Å². The van der Waals surface area contributed by atoms with Gasteiger partial charge in [-0.1, -0.05) is 23.7 Å². The van der Waals surface area contributed by atoms with Gasteiger partial charge in [0.2, 0.25) is 0 Å². The van der Waals surface area contributed by atoms with Gasteiger partial charge in [-0.3, -0.25) is 0 Å². The van der Waals surface area contributed by atoms with Gasteiger partial charge in [0.1, 0.15) is 5.58 Å². The highest BCUT2D eigenvalue weighted by Crippen LogP contribution is 2.30. The van der Waals surface area contributed by atoms with Gasteiger partial charge in [0, 0.05) is 20.3 Å². The van der Waals surface area contributed by atoms with Crippen LogP contribution in [-0.2, 0) is 0 Å². The zero-order valence-electron chi connectivity index (χ0n) is 12.6. The summed E-state index contributed by atoms with van der Waals surface area (Å²) in [5.41, 5.74) is 1.95. The largest absolute Gasteiger partial charge is 0.422 e. The molecule has 2 aromatic heterocycles. The zero-order chi connectivity index (χ0) is 17.4. The molecule has 124 valence electrons. The van der Waals surface area contributed by atoms with E-state index < -0.39 is 5.63 Å². The van der Waals surface area contributed by atoms with Crippen LogP contribution in [-0.4, -0.2) is 4.98 Å². The standard InChI is InChI=1S/C18H10BrClN2O2S/c19-13-3-1-2-4-14(13)21-18-22-15(9-25-18)12-8-10-7-11(20)5-6-16(10)24-17(12)23/h1-9H,(H,21,22). The number of halogens is 2. The van der Waals surface area contributed by atoms with Crippen molar-refractivity contribution in [2.45, 2.75) is 0 Å². The van der Waals surface area contributed by atoms with Gasteiger partial charge in [0.15, 0.2) is 5.13 Å². The molecule has 4 nitrogen and oxygen atoms in total. The molecule has 0 aliphatic rings. The molecule has 0 amide bonds. The normalized spacial score (nSPS) is 11.0. The highest BCUT2D eigenvalue weighted by Gasteiger charge is 2.12. The van der Waals surface area contributed by atoms with Crippen LogP contribution in [0.2, 0.25) is 5.02 Å². The Bertz CT molecular complexity index is 1140. The summed E-state index contributed by atoms with van der Waals surface area (Å²) in [5, 5.41) is 7.09. The first-order chi connectivity index (χ1) is 12.1. The lowest BCUT2D eigenvalue weighted by Gasteiger charge is -2.04. The van der Waals surface area contributed by atoms with E-state index in [1.807, 2.05) is 29.6 Å². The molecule has 0 aliphatic carbocycles. The van der Waals surface area contributed by atoms with Crippen molar-refractivity contribution in [1.82, 2.24) is 4.98 Å². The predicted octanol–water partition coefficient (Wildman–Crippen LogP) is 6.08. The Morgan fingerprint density at radius 3 is 2.84 bits per heavy atom. The lowest BCUT2D eigenvalue weighted by molar-refractivity contribution is 0.563. The fourth-order valence-corrected chi connectivity index (χ4v) is 3.69. The topological polar surface area (TPSA) is 55.1 Å². The molecule has 0 saturated carbocycles. The number of fused-ring (bicyclic) bond motifs is 1. The van der Waals surface area contributed by atoms with Crippen LogP contribution in [0, 0.1) is 0 Å². The van der Waals surface area contributed by atoms with E-state index in [4.69, 9.17) is 16.0 Å². The van der Waals surface area contributed by atoms with E-state index in [0.717, 1.165) is 15.5 Å². The Balaban J connectivity index is 1.72. The summed E-state index contributed by atoms with van der Waals surface area (Å²) in [5.74, 6) is 0. The van der Waals surface area contributed by atoms with E-state index in [0.29, 0.717) is 27.0 Å². The van der Waals surface area contributed by atoms with Crippen LogP contribution in [0.15, 0.2) is 67.6 Å². The van der Waals surface area contributed by atoms with Crippen molar-refractivity contribution >= 4 is 60.7 Å². The maximum Gasteiger partial charge on any atom is 0.345 e. The Morgan fingerprint density at radius 1 is 1.16 bits per heavy atom. The number of thiazole rings is 1. The van der Waals surface area contributed by atoms with Crippen molar-refractivity contribution in [3.63, 3.8) is 0 Å². The lowest BCUT2D eigenvalue weighted by Crippen LogP contribution is -2.03. The number of anilines is 2. The van der Waals surface area contributed by atoms with Crippen LogP contribution in [0.4, 0.5) is 10.8 Å². The van der Waals surface area contributed by atoms with Crippen LogP contribution >= 0.6 is 38.9 Å². The molecule has 0 unspecified atom stereocenters. The molecule has 4 rings (SSSR count). The number of benzene rings is 2. The monoisotopic (exact) mass is 432 g/mol. The SMILES string of the molecule is O=c1oc2ccc(Cl)cc2cc1-c1csc(Nc2ccccc2Br)n1. The van der Waals surface area contributed by atoms with Gasteiger partial charge in [-0.05, 0) is 52.3 Å². The second-order valence-electron chi connectivity index (χ2n) is 5.27. The molecular weight excluding hydrogens is 424 g/mol. The molecule has 0 aliphatic heterocycles. The van der Waals surface area contributed by atoms with Crippen molar-refractivity contribution < 1.29 is 4.42 Å². The number of rotatable bonds is 3. The van der Waals surface area contributed by atoms with E-state index in [9.17, 15) is 4.79 Å². The van der Waals surface area contributed by atoms with Gasteiger partial charge < -0.3 is 9.73 Å². The number of aromatic nitrogens is 1. The molecule has 7 heteroatoms. The molecule has 0 saturated heterocycles. The van der Waals surface area contributed by atoms with Crippen LogP contribution < -0.4 is 10.9 Å². The molecule has 1 N–H and O–H groups in total. The van der Waals surface area contributed by atoms with Crippen molar-refractivity contribution in [1.29, 1.82) is 0 Å². The number of nitrogens with zero attached hydrogens (tertiary/aromatic N) is 1. The summed E-state index contributed by atoms with van der Waals surface area (Å²) in [4.78, 5) is 16.8. The molecular formula is C18H10BrClN2O2S. The minimum Gasteiger partial charge on any atom is -0.422 e. The fraction of sp³-hybridized carbons (Fsp3) is 0. The predicted molar refractivity (Wildman–Crippen MR) is 106 cm³/mol. The molecule has 0 spiro atoms. The third kappa shape index (κ3) is 3.33. The van der Waals surface area contributed by atoms with E-state index in [1.54, 1.807) is 24.3 Å². The van der Waals surface area contributed by atoms with Crippen molar-refractivity contribution in [3.8, 4) is 11.3 Å². The maximum absolute atomic E-state index is 12.3. The first-order valence-electron chi connectivity index (χ1n) is 7.31. The number of nitrogens with one attached hydrogen (secondary N) is 1. The molecule has 25 heavy (non-hydrogen) atoms. The lowest BCUT2D eigenvalue weighted by atomic mass is 10.1. The van der Waals surface area contributed by atoms with E-state index >= 15 is 0 Å². The summed E-state index contributed by atoms with van der Waals surface area (Å²) in [6.07, 6.45) is 0. The first-order valence-corrected chi connectivity index (χ1v) is 9.36. The van der Waals surface area contributed by atoms with Crippen molar-refractivity contribution in [2.24, 2.45) is 0 Å². The van der Waals surface area contributed by atoms with E-state index in [1.165, 1.54) is 11.3 Å². The third-order valence-electron chi connectivity index (χ3n) is 3.59. The van der Waals surface area contributed by atoms with Gasteiger partial charge in [-0.2, -0.15) is 0 Å². The molecule has 4 aromatic rings. The summed E-state index contributed by atoms with van der Waals surface area (Å²) < 4.78 is 6.31. The van der Waals surface area contributed by atoms with Crippen LogP contribution in [0.1, 0.15) is 0 Å². The third-order valence-corrected chi connectivity index (χ3v) is 5.27. The van der Waals surface area contributed by atoms with E-state index in [2.05, 4.69) is 26.2 Å². The highest BCUT2D eigenvalue weighted by molar-refractivity contribution is 9.10.